The lowest BCUT2D eigenvalue weighted by molar-refractivity contribution is 0.379. The second-order valence-electron chi connectivity index (χ2n) is 4.27. The molecule has 0 spiro atoms. The van der Waals surface area contributed by atoms with Gasteiger partial charge in [-0.2, -0.15) is 15.0 Å². The van der Waals surface area contributed by atoms with E-state index in [1.807, 2.05) is 13.8 Å². The van der Waals surface area contributed by atoms with E-state index >= 15 is 0 Å². The van der Waals surface area contributed by atoms with E-state index < -0.39 is 0 Å². The van der Waals surface area contributed by atoms with Crippen LogP contribution in [0.15, 0.2) is 0 Å². The van der Waals surface area contributed by atoms with Crippen molar-refractivity contribution in [2.45, 2.75) is 26.8 Å². The molecule has 20 heavy (non-hydrogen) atoms. The molecule has 0 radical (unpaired) electrons. The van der Waals surface area contributed by atoms with Gasteiger partial charge in [-0.25, -0.2) is 4.98 Å². The molecule has 2 heterocycles. The van der Waals surface area contributed by atoms with E-state index in [4.69, 9.17) is 4.74 Å². The first kappa shape index (κ1) is 14.4. The van der Waals surface area contributed by atoms with Crippen LogP contribution in [0.2, 0.25) is 0 Å². The number of nitrogens with one attached hydrogen (secondary N) is 2. The Hall–Kier alpha value is -1.96. The number of methoxy groups -OCH3 is 1. The second kappa shape index (κ2) is 6.00. The van der Waals surface area contributed by atoms with Crippen molar-refractivity contribution in [3.05, 3.63) is 15.6 Å². The standard InChI is InChI=1S/C12H18N6OS/c1-6-9(20-8(3)14-6)7(2)15-11-16-10(13-4)17-12(18-11)19-5/h7H,1-5H3,(H2,13,15,16,17,18). The third-order valence-electron chi connectivity index (χ3n) is 2.70. The summed E-state index contributed by atoms with van der Waals surface area (Å²) >= 11 is 1.67. The number of anilines is 2. The van der Waals surface area contributed by atoms with Crippen LogP contribution in [0.1, 0.15) is 28.5 Å². The van der Waals surface area contributed by atoms with Crippen molar-refractivity contribution in [3.8, 4) is 6.01 Å². The van der Waals surface area contributed by atoms with Gasteiger partial charge in [0.1, 0.15) is 0 Å². The topological polar surface area (TPSA) is 84.9 Å². The van der Waals surface area contributed by atoms with Gasteiger partial charge in [-0.3, -0.25) is 0 Å². The van der Waals surface area contributed by atoms with Gasteiger partial charge in [0.05, 0.1) is 23.9 Å². The Morgan fingerprint density at radius 2 is 1.80 bits per heavy atom. The zero-order valence-corrected chi connectivity index (χ0v) is 13.0. The Morgan fingerprint density at radius 1 is 1.10 bits per heavy atom. The van der Waals surface area contributed by atoms with E-state index in [2.05, 4.69) is 37.5 Å². The minimum Gasteiger partial charge on any atom is -0.467 e. The molecule has 0 aliphatic rings. The summed E-state index contributed by atoms with van der Waals surface area (Å²) in [4.78, 5) is 18.1. The average Bonchev–Trinajstić information content (AvgIpc) is 2.77. The van der Waals surface area contributed by atoms with Crippen molar-refractivity contribution in [1.29, 1.82) is 0 Å². The summed E-state index contributed by atoms with van der Waals surface area (Å²) < 4.78 is 5.06. The van der Waals surface area contributed by atoms with Crippen LogP contribution in [0.4, 0.5) is 11.9 Å². The number of hydrogen-bond donors (Lipinski definition) is 2. The number of aromatic nitrogens is 4. The number of thiazole rings is 1. The molecule has 0 saturated carbocycles. The molecule has 0 aromatic carbocycles. The molecule has 2 N–H and O–H groups in total. The number of hydrogen-bond acceptors (Lipinski definition) is 8. The van der Waals surface area contributed by atoms with Gasteiger partial charge in [-0.1, -0.05) is 0 Å². The lowest BCUT2D eigenvalue weighted by Crippen LogP contribution is -2.12. The zero-order valence-electron chi connectivity index (χ0n) is 12.2. The first-order valence-electron chi connectivity index (χ1n) is 6.21. The van der Waals surface area contributed by atoms with E-state index in [1.54, 1.807) is 18.4 Å². The molecule has 2 aromatic heterocycles. The van der Waals surface area contributed by atoms with Gasteiger partial charge in [0.15, 0.2) is 0 Å². The van der Waals surface area contributed by atoms with E-state index in [9.17, 15) is 0 Å². The maximum Gasteiger partial charge on any atom is 0.322 e. The predicted octanol–water partition coefficient (Wildman–Crippen LogP) is 2.17. The summed E-state index contributed by atoms with van der Waals surface area (Å²) in [7, 11) is 3.28. The molecule has 0 aliphatic carbocycles. The summed E-state index contributed by atoms with van der Waals surface area (Å²) in [5.74, 6) is 0.933. The highest BCUT2D eigenvalue weighted by molar-refractivity contribution is 7.11. The van der Waals surface area contributed by atoms with E-state index in [0.29, 0.717) is 11.9 Å². The van der Waals surface area contributed by atoms with E-state index in [0.717, 1.165) is 10.7 Å². The number of rotatable bonds is 5. The molecular weight excluding hydrogens is 276 g/mol. The van der Waals surface area contributed by atoms with Crippen LogP contribution in [0.5, 0.6) is 6.01 Å². The second-order valence-corrected chi connectivity index (χ2v) is 5.50. The average molecular weight is 294 g/mol. The van der Waals surface area contributed by atoms with Crippen LogP contribution < -0.4 is 15.4 Å². The monoisotopic (exact) mass is 294 g/mol. The van der Waals surface area contributed by atoms with Crippen molar-refractivity contribution >= 4 is 23.2 Å². The highest BCUT2D eigenvalue weighted by Crippen LogP contribution is 2.27. The smallest absolute Gasteiger partial charge is 0.322 e. The molecule has 0 amide bonds. The third-order valence-corrected chi connectivity index (χ3v) is 3.95. The Morgan fingerprint density at radius 3 is 2.35 bits per heavy atom. The van der Waals surface area contributed by atoms with Crippen LogP contribution in [0, 0.1) is 13.8 Å². The molecular formula is C12H18N6OS. The largest absolute Gasteiger partial charge is 0.467 e. The van der Waals surface area contributed by atoms with Crippen molar-refractivity contribution in [2.24, 2.45) is 0 Å². The number of aryl methyl sites for hydroxylation is 2. The van der Waals surface area contributed by atoms with Gasteiger partial charge >= 0.3 is 6.01 Å². The van der Waals surface area contributed by atoms with Crippen LogP contribution >= 0.6 is 11.3 Å². The van der Waals surface area contributed by atoms with Gasteiger partial charge in [-0.15, -0.1) is 11.3 Å². The van der Waals surface area contributed by atoms with E-state index in [1.165, 1.54) is 12.0 Å². The first-order chi connectivity index (χ1) is 9.53. The highest BCUT2D eigenvalue weighted by atomic mass is 32.1. The molecule has 0 bridgehead atoms. The van der Waals surface area contributed by atoms with Crippen LogP contribution in [-0.4, -0.2) is 34.1 Å². The Labute approximate surface area is 121 Å². The van der Waals surface area contributed by atoms with Gasteiger partial charge in [-0.05, 0) is 20.8 Å². The van der Waals surface area contributed by atoms with E-state index in [-0.39, 0.29) is 12.1 Å². The Balaban J connectivity index is 2.22. The predicted molar refractivity (Wildman–Crippen MR) is 79.6 cm³/mol. The SMILES string of the molecule is CNc1nc(NC(C)c2sc(C)nc2C)nc(OC)n1. The van der Waals surface area contributed by atoms with Gasteiger partial charge in [0.25, 0.3) is 0 Å². The maximum absolute atomic E-state index is 5.06. The molecule has 2 aromatic rings. The number of ether oxygens (including phenoxy) is 1. The van der Waals surface area contributed by atoms with Crippen molar-refractivity contribution in [1.82, 2.24) is 19.9 Å². The molecule has 7 nitrogen and oxygen atoms in total. The van der Waals surface area contributed by atoms with Crippen LogP contribution in [0.3, 0.4) is 0 Å². The molecule has 1 unspecified atom stereocenters. The summed E-state index contributed by atoms with van der Waals surface area (Å²) in [6, 6.07) is 0.342. The lowest BCUT2D eigenvalue weighted by atomic mass is 10.2. The fourth-order valence-corrected chi connectivity index (χ4v) is 2.76. The molecule has 0 fully saturated rings. The molecule has 2 rings (SSSR count). The molecule has 108 valence electrons. The van der Waals surface area contributed by atoms with Gasteiger partial charge in [0.2, 0.25) is 11.9 Å². The molecule has 8 heteroatoms. The lowest BCUT2D eigenvalue weighted by Gasteiger charge is -2.13. The normalized spacial score (nSPS) is 12.1. The molecule has 0 aliphatic heterocycles. The Bertz CT molecular complexity index is 577. The van der Waals surface area contributed by atoms with Crippen LogP contribution in [-0.2, 0) is 0 Å². The van der Waals surface area contributed by atoms with Crippen molar-refractivity contribution in [3.63, 3.8) is 0 Å². The Kier molecular flexibility index (Phi) is 4.33. The highest BCUT2D eigenvalue weighted by Gasteiger charge is 2.15. The summed E-state index contributed by atoms with van der Waals surface area (Å²) in [5, 5.41) is 7.18. The number of nitrogens with zero attached hydrogens (tertiary/aromatic N) is 4. The van der Waals surface area contributed by atoms with Gasteiger partial charge < -0.3 is 15.4 Å². The molecule has 1 atom stereocenters. The zero-order chi connectivity index (χ0) is 14.7. The summed E-state index contributed by atoms with van der Waals surface area (Å²) in [6.07, 6.45) is 0. The fraction of sp³-hybridized carbons (Fsp3) is 0.500. The minimum atomic E-state index is 0.0676. The van der Waals surface area contributed by atoms with Crippen molar-refractivity contribution in [2.75, 3.05) is 24.8 Å². The van der Waals surface area contributed by atoms with Gasteiger partial charge in [0, 0.05) is 11.9 Å². The van der Waals surface area contributed by atoms with Crippen LogP contribution in [0.25, 0.3) is 0 Å². The fourth-order valence-electron chi connectivity index (χ4n) is 1.83. The summed E-state index contributed by atoms with van der Waals surface area (Å²) in [6.45, 7) is 6.05. The quantitative estimate of drug-likeness (QED) is 0.874. The minimum absolute atomic E-state index is 0.0676. The first-order valence-corrected chi connectivity index (χ1v) is 7.03. The maximum atomic E-state index is 5.06. The van der Waals surface area contributed by atoms with Crippen molar-refractivity contribution < 1.29 is 4.74 Å². The molecule has 0 saturated heterocycles. The summed E-state index contributed by atoms with van der Waals surface area (Å²) in [5.41, 5.74) is 1.03. The third kappa shape index (κ3) is 3.13.